The van der Waals surface area contributed by atoms with Crippen LogP contribution in [0.5, 0.6) is 5.75 Å². The topological polar surface area (TPSA) is 42.4 Å². The molecule has 0 bridgehead atoms. The van der Waals surface area contributed by atoms with Crippen LogP contribution in [0.25, 0.3) is 0 Å². The van der Waals surface area contributed by atoms with Crippen LogP contribution >= 0.6 is 0 Å². The van der Waals surface area contributed by atoms with Crippen LogP contribution in [0.15, 0.2) is 48.8 Å². The maximum absolute atomic E-state index is 13.2. The molecule has 124 valence electrons. The molecular formula is C20H22N2O2. The Balaban J connectivity index is 1.57. The normalized spacial score (nSPS) is 23.2. The number of pyridine rings is 1. The monoisotopic (exact) mass is 322 g/mol. The van der Waals surface area contributed by atoms with Crippen LogP contribution in [0.2, 0.25) is 0 Å². The van der Waals surface area contributed by atoms with Crippen molar-refractivity contribution in [3.8, 4) is 5.75 Å². The molecule has 0 aliphatic carbocycles. The number of rotatable bonds is 2. The van der Waals surface area contributed by atoms with E-state index in [0.717, 1.165) is 37.1 Å². The van der Waals surface area contributed by atoms with Crippen molar-refractivity contribution in [3.63, 3.8) is 0 Å². The van der Waals surface area contributed by atoms with Gasteiger partial charge in [-0.15, -0.1) is 0 Å². The molecule has 1 aromatic carbocycles. The predicted molar refractivity (Wildman–Crippen MR) is 91.7 cm³/mol. The summed E-state index contributed by atoms with van der Waals surface area (Å²) >= 11 is 0. The zero-order chi connectivity index (χ0) is 16.4. The summed E-state index contributed by atoms with van der Waals surface area (Å²) in [7, 11) is 0. The number of nitrogens with zero attached hydrogens (tertiary/aromatic N) is 2. The van der Waals surface area contributed by atoms with Gasteiger partial charge in [0.2, 0.25) is 0 Å². The standard InChI is InChI=1S/C20H22N2O2/c23-20(19-14-16-6-3-4-8-18(16)24-19)22-13-5-1-2-7-17(22)15-9-11-21-12-10-15/h3-4,6,8-12,17,19H,1-2,5,7,13-14H2/t17-,19-/m0/s1. The SMILES string of the molecule is O=C([C@@H]1Cc2ccccc2O1)N1CCCCC[C@H]1c1ccncc1. The van der Waals surface area contributed by atoms with Gasteiger partial charge in [0, 0.05) is 25.4 Å². The second-order valence-electron chi connectivity index (χ2n) is 6.60. The van der Waals surface area contributed by atoms with Crippen molar-refractivity contribution < 1.29 is 9.53 Å². The lowest BCUT2D eigenvalue weighted by Crippen LogP contribution is -2.43. The van der Waals surface area contributed by atoms with Gasteiger partial charge in [-0.1, -0.05) is 31.0 Å². The fourth-order valence-electron chi connectivity index (χ4n) is 3.81. The molecule has 2 aliphatic rings. The van der Waals surface area contributed by atoms with Crippen LogP contribution in [-0.2, 0) is 11.2 Å². The number of carbonyl (C=O) groups excluding carboxylic acids is 1. The van der Waals surface area contributed by atoms with Gasteiger partial charge in [-0.05, 0) is 42.2 Å². The Morgan fingerprint density at radius 3 is 2.75 bits per heavy atom. The summed E-state index contributed by atoms with van der Waals surface area (Å²) in [4.78, 5) is 19.3. The third-order valence-corrected chi connectivity index (χ3v) is 5.05. The maximum Gasteiger partial charge on any atom is 0.264 e. The lowest BCUT2D eigenvalue weighted by Gasteiger charge is -2.32. The minimum absolute atomic E-state index is 0.120. The van der Waals surface area contributed by atoms with E-state index < -0.39 is 0 Å². The zero-order valence-corrected chi connectivity index (χ0v) is 13.7. The Morgan fingerprint density at radius 1 is 1.08 bits per heavy atom. The number of ether oxygens (including phenoxy) is 1. The molecule has 4 rings (SSSR count). The van der Waals surface area contributed by atoms with E-state index in [0.29, 0.717) is 6.42 Å². The first-order chi connectivity index (χ1) is 11.8. The lowest BCUT2D eigenvalue weighted by atomic mass is 10.0. The molecule has 1 aromatic heterocycles. The van der Waals surface area contributed by atoms with Crippen molar-refractivity contribution in [1.82, 2.24) is 9.88 Å². The molecule has 1 saturated heterocycles. The number of likely N-dealkylation sites (tertiary alicyclic amines) is 1. The number of hydrogen-bond acceptors (Lipinski definition) is 3. The lowest BCUT2D eigenvalue weighted by molar-refractivity contribution is -0.140. The number of hydrogen-bond donors (Lipinski definition) is 0. The fraction of sp³-hybridized carbons (Fsp3) is 0.400. The summed E-state index contributed by atoms with van der Waals surface area (Å²) in [5.41, 5.74) is 2.31. The molecule has 0 saturated carbocycles. The molecule has 24 heavy (non-hydrogen) atoms. The largest absolute Gasteiger partial charge is 0.480 e. The third-order valence-electron chi connectivity index (χ3n) is 5.05. The fourth-order valence-corrected chi connectivity index (χ4v) is 3.81. The molecule has 2 aliphatic heterocycles. The minimum Gasteiger partial charge on any atom is -0.480 e. The van der Waals surface area contributed by atoms with Crippen molar-refractivity contribution >= 4 is 5.91 Å². The van der Waals surface area contributed by atoms with Crippen LogP contribution in [-0.4, -0.2) is 28.4 Å². The van der Waals surface area contributed by atoms with Crippen molar-refractivity contribution in [2.45, 2.75) is 44.2 Å². The van der Waals surface area contributed by atoms with Gasteiger partial charge >= 0.3 is 0 Å². The van der Waals surface area contributed by atoms with Gasteiger partial charge in [-0.25, -0.2) is 0 Å². The summed E-state index contributed by atoms with van der Waals surface area (Å²) in [5.74, 6) is 0.973. The summed E-state index contributed by atoms with van der Waals surface area (Å²) in [5, 5.41) is 0. The van der Waals surface area contributed by atoms with E-state index in [2.05, 4.69) is 4.98 Å². The van der Waals surface area contributed by atoms with Crippen molar-refractivity contribution in [2.75, 3.05) is 6.54 Å². The Morgan fingerprint density at radius 2 is 1.92 bits per heavy atom. The number of benzene rings is 1. The van der Waals surface area contributed by atoms with Crippen LogP contribution in [0.4, 0.5) is 0 Å². The van der Waals surface area contributed by atoms with Gasteiger partial charge < -0.3 is 9.64 Å². The molecule has 3 heterocycles. The van der Waals surface area contributed by atoms with Gasteiger partial charge in [0.05, 0.1) is 6.04 Å². The number of amides is 1. The highest BCUT2D eigenvalue weighted by Gasteiger charge is 2.36. The number of fused-ring (bicyclic) bond motifs is 1. The zero-order valence-electron chi connectivity index (χ0n) is 13.7. The van der Waals surface area contributed by atoms with E-state index in [4.69, 9.17) is 4.74 Å². The number of para-hydroxylation sites is 1. The van der Waals surface area contributed by atoms with Crippen LogP contribution in [0.3, 0.4) is 0 Å². The molecule has 1 fully saturated rings. The smallest absolute Gasteiger partial charge is 0.264 e. The summed E-state index contributed by atoms with van der Waals surface area (Å²) < 4.78 is 5.94. The maximum atomic E-state index is 13.2. The highest BCUT2D eigenvalue weighted by atomic mass is 16.5. The van der Waals surface area contributed by atoms with Gasteiger partial charge in [-0.3, -0.25) is 9.78 Å². The van der Waals surface area contributed by atoms with Gasteiger partial charge in [0.25, 0.3) is 5.91 Å². The first-order valence-corrected chi connectivity index (χ1v) is 8.78. The average Bonchev–Trinajstić information content (AvgIpc) is 2.91. The van der Waals surface area contributed by atoms with E-state index in [1.807, 2.05) is 53.7 Å². The van der Waals surface area contributed by atoms with Crippen molar-refractivity contribution in [3.05, 3.63) is 59.9 Å². The van der Waals surface area contributed by atoms with Crippen LogP contribution in [0, 0.1) is 0 Å². The minimum atomic E-state index is -0.384. The predicted octanol–water partition coefficient (Wildman–Crippen LogP) is 3.53. The van der Waals surface area contributed by atoms with E-state index in [1.165, 1.54) is 12.0 Å². The molecule has 1 amide bonds. The quantitative estimate of drug-likeness (QED) is 0.849. The summed E-state index contributed by atoms with van der Waals surface area (Å²) in [6.45, 7) is 0.808. The Bertz CT molecular complexity index is 692. The van der Waals surface area contributed by atoms with Gasteiger partial charge in [0.1, 0.15) is 5.75 Å². The summed E-state index contributed by atoms with van der Waals surface area (Å²) in [6.07, 6.45) is 8.32. The second kappa shape index (κ2) is 6.63. The highest BCUT2D eigenvalue weighted by Crippen LogP contribution is 2.34. The molecule has 0 spiro atoms. The first-order valence-electron chi connectivity index (χ1n) is 8.78. The van der Waals surface area contributed by atoms with E-state index in [-0.39, 0.29) is 18.1 Å². The van der Waals surface area contributed by atoms with Gasteiger partial charge in [-0.2, -0.15) is 0 Å². The molecular weight excluding hydrogens is 300 g/mol. The number of carbonyl (C=O) groups is 1. The van der Waals surface area contributed by atoms with E-state index in [1.54, 1.807) is 0 Å². The van der Waals surface area contributed by atoms with Crippen LogP contribution < -0.4 is 4.74 Å². The molecule has 2 aromatic rings. The Labute approximate surface area is 142 Å². The Hall–Kier alpha value is -2.36. The summed E-state index contributed by atoms with van der Waals surface area (Å²) in [6, 6.07) is 12.1. The number of aromatic nitrogens is 1. The van der Waals surface area contributed by atoms with Crippen LogP contribution in [0.1, 0.15) is 42.9 Å². The van der Waals surface area contributed by atoms with Gasteiger partial charge in [0.15, 0.2) is 6.10 Å². The first kappa shape index (κ1) is 15.2. The van der Waals surface area contributed by atoms with E-state index >= 15 is 0 Å². The molecule has 4 nitrogen and oxygen atoms in total. The molecule has 2 atom stereocenters. The van der Waals surface area contributed by atoms with Crippen molar-refractivity contribution in [1.29, 1.82) is 0 Å². The molecule has 0 unspecified atom stereocenters. The molecule has 0 radical (unpaired) electrons. The second-order valence-corrected chi connectivity index (χ2v) is 6.60. The van der Waals surface area contributed by atoms with E-state index in [9.17, 15) is 4.79 Å². The molecule has 0 N–H and O–H groups in total. The average molecular weight is 322 g/mol. The van der Waals surface area contributed by atoms with Crippen molar-refractivity contribution in [2.24, 2.45) is 0 Å². The third kappa shape index (κ3) is 2.88. The Kier molecular flexibility index (Phi) is 4.20. The molecule has 4 heteroatoms. The highest BCUT2D eigenvalue weighted by molar-refractivity contribution is 5.83.